The lowest BCUT2D eigenvalue weighted by Crippen LogP contribution is -2.47. The fourth-order valence-electron chi connectivity index (χ4n) is 2.23. The van der Waals surface area contributed by atoms with E-state index in [1.54, 1.807) is 0 Å². The third-order valence-electron chi connectivity index (χ3n) is 3.89. The molecule has 0 spiro atoms. The van der Waals surface area contributed by atoms with Crippen molar-refractivity contribution in [1.29, 1.82) is 0 Å². The fraction of sp³-hybridized carbons (Fsp3) is 0.571. The van der Waals surface area contributed by atoms with Crippen LogP contribution in [0, 0.1) is 6.92 Å². The van der Waals surface area contributed by atoms with Gasteiger partial charge in [-0.05, 0) is 32.8 Å². The van der Waals surface area contributed by atoms with Crippen LogP contribution in [-0.2, 0) is 11.3 Å². The molecule has 17 heavy (non-hydrogen) atoms. The van der Waals surface area contributed by atoms with E-state index >= 15 is 0 Å². The molecule has 1 aliphatic rings. The van der Waals surface area contributed by atoms with Crippen LogP contribution in [0.15, 0.2) is 18.2 Å². The highest BCUT2D eigenvalue weighted by atomic mass is 16.5. The number of aryl methyl sites for hydroxylation is 1. The molecule has 1 fully saturated rings. The summed E-state index contributed by atoms with van der Waals surface area (Å²) in [5, 5.41) is 13.5. The summed E-state index contributed by atoms with van der Waals surface area (Å²) in [6, 6.07) is 5.85. The summed E-state index contributed by atoms with van der Waals surface area (Å²) in [5.41, 5.74) is 1.88. The Morgan fingerprint density at radius 1 is 1.53 bits per heavy atom. The maximum Gasteiger partial charge on any atom is 0.122 e. The van der Waals surface area contributed by atoms with E-state index in [0.29, 0.717) is 12.3 Å². The third-order valence-corrected chi connectivity index (χ3v) is 3.89. The molecule has 3 heteroatoms. The minimum atomic E-state index is 0.0101. The predicted octanol–water partition coefficient (Wildman–Crippen LogP) is 2.36. The van der Waals surface area contributed by atoms with Gasteiger partial charge in [0, 0.05) is 24.3 Å². The maximum atomic E-state index is 9.95. The van der Waals surface area contributed by atoms with E-state index < -0.39 is 0 Å². The Morgan fingerprint density at radius 2 is 2.29 bits per heavy atom. The second-order valence-corrected chi connectivity index (χ2v) is 5.12. The number of ether oxygens (including phenoxy) is 1. The molecule has 1 aliphatic heterocycles. The number of nitrogens with one attached hydrogen (secondary N) is 1. The van der Waals surface area contributed by atoms with Crippen molar-refractivity contribution >= 4 is 0 Å². The summed E-state index contributed by atoms with van der Waals surface area (Å²) in [6.45, 7) is 7.68. The highest BCUT2D eigenvalue weighted by Gasteiger charge is 2.36. The number of benzene rings is 1. The molecule has 2 unspecified atom stereocenters. The lowest BCUT2D eigenvalue weighted by Gasteiger charge is -2.29. The van der Waals surface area contributed by atoms with Gasteiger partial charge in [0.25, 0.3) is 0 Å². The second kappa shape index (κ2) is 4.67. The summed E-state index contributed by atoms with van der Waals surface area (Å²) >= 11 is 0. The summed E-state index contributed by atoms with van der Waals surface area (Å²) in [4.78, 5) is 0. The number of hydrogen-bond donors (Lipinski definition) is 2. The Morgan fingerprint density at radius 3 is 2.94 bits per heavy atom. The molecular formula is C14H21NO2. The van der Waals surface area contributed by atoms with Crippen LogP contribution in [0.1, 0.15) is 31.4 Å². The van der Waals surface area contributed by atoms with E-state index in [-0.39, 0.29) is 11.6 Å². The SMILES string of the molecule is Cc1cccc(CNC2(C)CCOC2C)c1O. The van der Waals surface area contributed by atoms with Crippen LogP contribution in [0.2, 0.25) is 0 Å². The monoisotopic (exact) mass is 235 g/mol. The molecule has 0 radical (unpaired) electrons. The van der Waals surface area contributed by atoms with E-state index in [1.807, 2.05) is 25.1 Å². The van der Waals surface area contributed by atoms with Crippen LogP contribution in [0.25, 0.3) is 0 Å². The van der Waals surface area contributed by atoms with Gasteiger partial charge in [0.05, 0.1) is 6.10 Å². The molecular weight excluding hydrogens is 214 g/mol. The molecule has 3 nitrogen and oxygen atoms in total. The molecule has 1 saturated heterocycles. The summed E-state index contributed by atoms with van der Waals surface area (Å²) < 4.78 is 5.59. The van der Waals surface area contributed by atoms with Gasteiger partial charge in [0.2, 0.25) is 0 Å². The number of aromatic hydroxyl groups is 1. The minimum Gasteiger partial charge on any atom is -0.507 e. The van der Waals surface area contributed by atoms with Crippen molar-refractivity contribution in [2.75, 3.05) is 6.61 Å². The zero-order valence-electron chi connectivity index (χ0n) is 10.8. The predicted molar refractivity (Wildman–Crippen MR) is 68.1 cm³/mol. The first-order chi connectivity index (χ1) is 8.03. The molecule has 0 amide bonds. The molecule has 2 rings (SSSR count). The zero-order valence-corrected chi connectivity index (χ0v) is 10.8. The van der Waals surface area contributed by atoms with Crippen molar-refractivity contribution in [3.05, 3.63) is 29.3 Å². The summed E-state index contributed by atoms with van der Waals surface area (Å²) in [5.74, 6) is 0.398. The van der Waals surface area contributed by atoms with Crippen LogP contribution in [0.4, 0.5) is 0 Å². The smallest absolute Gasteiger partial charge is 0.122 e. The van der Waals surface area contributed by atoms with Crippen LogP contribution in [0.5, 0.6) is 5.75 Å². The average molecular weight is 235 g/mol. The molecule has 0 aromatic heterocycles. The van der Waals surface area contributed by atoms with Gasteiger partial charge in [-0.3, -0.25) is 0 Å². The third kappa shape index (κ3) is 2.45. The average Bonchev–Trinajstić information content (AvgIpc) is 2.62. The van der Waals surface area contributed by atoms with Gasteiger partial charge in [0.1, 0.15) is 5.75 Å². The minimum absolute atomic E-state index is 0.0101. The van der Waals surface area contributed by atoms with Crippen LogP contribution in [0.3, 0.4) is 0 Å². The van der Waals surface area contributed by atoms with Crippen molar-refractivity contribution < 1.29 is 9.84 Å². The van der Waals surface area contributed by atoms with Crippen LogP contribution >= 0.6 is 0 Å². The summed E-state index contributed by atoms with van der Waals surface area (Å²) in [7, 11) is 0. The van der Waals surface area contributed by atoms with Gasteiger partial charge < -0.3 is 15.2 Å². The first-order valence-corrected chi connectivity index (χ1v) is 6.17. The van der Waals surface area contributed by atoms with Gasteiger partial charge in [-0.2, -0.15) is 0 Å². The number of phenols is 1. The van der Waals surface area contributed by atoms with Crippen molar-refractivity contribution in [1.82, 2.24) is 5.32 Å². The molecule has 0 aliphatic carbocycles. The highest BCUT2D eigenvalue weighted by molar-refractivity contribution is 5.39. The Labute approximate surface area is 103 Å². The van der Waals surface area contributed by atoms with Gasteiger partial charge in [0.15, 0.2) is 0 Å². The quantitative estimate of drug-likeness (QED) is 0.845. The Balaban J connectivity index is 2.05. The van der Waals surface area contributed by atoms with Crippen LogP contribution in [-0.4, -0.2) is 23.4 Å². The summed E-state index contributed by atoms with van der Waals surface area (Å²) in [6.07, 6.45) is 1.23. The van der Waals surface area contributed by atoms with Gasteiger partial charge in [-0.25, -0.2) is 0 Å². The van der Waals surface area contributed by atoms with Crippen molar-refractivity contribution in [3.8, 4) is 5.75 Å². The molecule has 1 heterocycles. The normalized spacial score (nSPS) is 28.5. The zero-order chi connectivity index (χ0) is 12.5. The highest BCUT2D eigenvalue weighted by Crippen LogP contribution is 2.27. The molecule has 1 aromatic rings. The first-order valence-electron chi connectivity index (χ1n) is 6.17. The van der Waals surface area contributed by atoms with Gasteiger partial charge >= 0.3 is 0 Å². The van der Waals surface area contributed by atoms with Crippen LogP contribution < -0.4 is 5.32 Å². The first kappa shape index (κ1) is 12.4. The molecule has 0 bridgehead atoms. The molecule has 1 aromatic carbocycles. The van der Waals surface area contributed by atoms with E-state index in [1.165, 1.54) is 0 Å². The van der Waals surface area contributed by atoms with Crippen molar-refractivity contribution in [3.63, 3.8) is 0 Å². The van der Waals surface area contributed by atoms with E-state index in [9.17, 15) is 5.11 Å². The Kier molecular flexibility index (Phi) is 3.40. The number of rotatable bonds is 3. The van der Waals surface area contributed by atoms with Crippen molar-refractivity contribution in [2.45, 2.75) is 45.4 Å². The largest absolute Gasteiger partial charge is 0.507 e. The number of hydrogen-bond acceptors (Lipinski definition) is 3. The standard InChI is InChI=1S/C14H21NO2/c1-10-5-4-6-12(13(10)16)9-15-14(3)7-8-17-11(14)2/h4-6,11,15-16H,7-9H2,1-3H3. The molecule has 2 N–H and O–H groups in total. The topological polar surface area (TPSA) is 41.5 Å². The molecule has 94 valence electrons. The van der Waals surface area contributed by atoms with E-state index in [0.717, 1.165) is 24.2 Å². The second-order valence-electron chi connectivity index (χ2n) is 5.12. The Bertz CT molecular complexity index is 405. The number of phenolic OH excluding ortho intramolecular Hbond substituents is 1. The van der Waals surface area contributed by atoms with Gasteiger partial charge in [-0.15, -0.1) is 0 Å². The molecule has 2 atom stereocenters. The lowest BCUT2D eigenvalue weighted by atomic mass is 9.94. The van der Waals surface area contributed by atoms with E-state index in [2.05, 4.69) is 19.2 Å². The van der Waals surface area contributed by atoms with Crippen molar-refractivity contribution in [2.24, 2.45) is 0 Å². The molecule has 0 saturated carbocycles. The number of para-hydroxylation sites is 1. The van der Waals surface area contributed by atoms with E-state index in [4.69, 9.17) is 4.74 Å². The lowest BCUT2D eigenvalue weighted by molar-refractivity contribution is 0.0880. The van der Waals surface area contributed by atoms with Gasteiger partial charge in [-0.1, -0.05) is 18.2 Å². The maximum absolute atomic E-state index is 9.95. The fourth-order valence-corrected chi connectivity index (χ4v) is 2.23. The Hall–Kier alpha value is -1.06.